The molecule has 1 amide bonds. The molecule has 1 aliphatic carbocycles. The van der Waals surface area contributed by atoms with Gasteiger partial charge in [-0.1, -0.05) is 30.3 Å². The average Bonchev–Trinajstić information content (AvgIpc) is 3.23. The van der Waals surface area contributed by atoms with Gasteiger partial charge in [-0.05, 0) is 42.7 Å². The highest BCUT2D eigenvalue weighted by Crippen LogP contribution is 2.28. The Balaban J connectivity index is 1.95. The molecule has 18 heavy (non-hydrogen) atoms. The molecule has 2 nitrogen and oxygen atoms in total. The van der Waals surface area contributed by atoms with E-state index in [0.29, 0.717) is 6.04 Å². The Morgan fingerprint density at radius 1 is 1.17 bits per heavy atom. The number of carbonyl (C=O) groups excluding carboxylic acids is 1. The van der Waals surface area contributed by atoms with Crippen molar-refractivity contribution in [2.45, 2.75) is 25.8 Å². The van der Waals surface area contributed by atoms with E-state index in [9.17, 15) is 4.79 Å². The van der Waals surface area contributed by atoms with Crippen LogP contribution < -0.4 is 0 Å². The number of hydrogen-bond acceptors (Lipinski definition) is 1. The summed E-state index contributed by atoms with van der Waals surface area (Å²) in [5.74, 6) is 0.172. The van der Waals surface area contributed by atoms with Crippen molar-refractivity contribution in [1.82, 2.24) is 4.90 Å². The molecular weight excluding hydrogens is 222 g/mol. The van der Waals surface area contributed by atoms with Gasteiger partial charge in [-0.3, -0.25) is 4.79 Å². The van der Waals surface area contributed by atoms with Gasteiger partial charge in [0, 0.05) is 18.2 Å². The summed E-state index contributed by atoms with van der Waals surface area (Å²) in [5, 5.41) is 2.32. The van der Waals surface area contributed by atoms with Crippen LogP contribution in [0.5, 0.6) is 0 Å². The lowest BCUT2D eigenvalue weighted by Crippen LogP contribution is -2.32. The quantitative estimate of drug-likeness (QED) is 0.803. The largest absolute Gasteiger partial charge is 0.336 e. The van der Waals surface area contributed by atoms with Gasteiger partial charge in [-0.2, -0.15) is 0 Å². The van der Waals surface area contributed by atoms with Crippen molar-refractivity contribution < 1.29 is 4.79 Å². The Morgan fingerprint density at radius 2 is 1.89 bits per heavy atom. The van der Waals surface area contributed by atoms with Gasteiger partial charge in [0.2, 0.25) is 0 Å². The normalized spacial score (nSPS) is 14.7. The van der Waals surface area contributed by atoms with Gasteiger partial charge in [0.25, 0.3) is 5.91 Å². The van der Waals surface area contributed by atoms with Gasteiger partial charge in [-0.25, -0.2) is 0 Å². The SMILES string of the molecule is CCN(C(=O)c1ccc2ccccc2c1)C1CC1. The van der Waals surface area contributed by atoms with Crippen molar-refractivity contribution in [2.24, 2.45) is 0 Å². The van der Waals surface area contributed by atoms with Crippen LogP contribution >= 0.6 is 0 Å². The molecule has 0 bridgehead atoms. The maximum atomic E-state index is 12.4. The lowest BCUT2D eigenvalue weighted by Gasteiger charge is -2.20. The van der Waals surface area contributed by atoms with E-state index < -0.39 is 0 Å². The highest BCUT2D eigenvalue weighted by molar-refractivity contribution is 5.98. The van der Waals surface area contributed by atoms with Crippen LogP contribution in [0.1, 0.15) is 30.1 Å². The number of hydrogen-bond donors (Lipinski definition) is 0. The predicted octanol–water partition coefficient (Wildman–Crippen LogP) is 3.46. The molecule has 0 unspecified atom stereocenters. The number of nitrogens with zero attached hydrogens (tertiary/aromatic N) is 1. The van der Waals surface area contributed by atoms with E-state index in [4.69, 9.17) is 0 Å². The fourth-order valence-corrected chi connectivity index (χ4v) is 2.44. The van der Waals surface area contributed by atoms with Crippen LogP contribution in [-0.2, 0) is 0 Å². The maximum absolute atomic E-state index is 12.4. The third-order valence-electron chi connectivity index (χ3n) is 3.59. The zero-order chi connectivity index (χ0) is 12.5. The van der Waals surface area contributed by atoms with Gasteiger partial charge in [0.15, 0.2) is 0 Å². The molecule has 2 heteroatoms. The van der Waals surface area contributed by atoms with Crippen LogP contribution in [0.2, 0.25) is 0 Å². The Hall–Kier alpha value is -1.83. The van der Waals surface area contributed by atoms with Crippen LogP contribution in [0.3, 0.4) is 0 Å². The first-order valence-electron chi connectivity index (χ1n) is 6.59. The fraction of sp³-hybridized carbons (Fsp3) is 0.312. The van der Waals surface area contributed by atoms with E-state index in [-0.39, 0.29) is 5.91 Å². The van der Waals surface area contributed by atoms with Crippen LogP contribution in [-0.4, -0.2) is 23.4 Å². The van der Waals surface area contributed by atoms with Gasteiger partial charge < -0.3 is 4.90 Å². The average molecular weight is 239 g/mol. The molecule has 0 heterocycles. The Morgan fingerprint density at radius 3 is 2.56 bits per heavy atom. The molecule has 1 aliphatic rings. The molecular formula is C16H17NO. The molecule has 2 aromatic carbocycles. The topological polar surface area (TPSA) is 20.3 Å². The number of rotatable bonds is 3. The third kappa shape index (κ3) is 1.99. The van der Waals surface area contributed by atoms with Crippen molar-refractivity contribution in [1.29, 1.82) is 0 Å². The summed E-state index contributed by atoms with van der Waals surface area (Å²) >= 11 is 0. The van der Waals surface area contributed by atoms with Gasteiger partial charge in [0.1, 0.15) is 0 Å². The summed E-state index contributed by atoms with van der Waals surface area (Å²) in [5.41, 5.74) is 0.808. The molecule has 0 N–H and O–H groups in total. The van der Waals surface area contributed by atoms with Crippen molar-refractivity contribution in [3.8, 4) is 0 Å². The Kier molecular flexibility index (Phi) is 2.78. The molecule has 1 fully saturated rings. The molecule has 0 radical (unpaired) electrons. The van der Waals surface area contributed by atoms with Crippen molar-refractivity contribution in [3.05, 3.63) is 48.0 Å². The molecule has 92 valence electrons. The van der Waals surface area contributed by atoms with Crippen LogP contribution in [0, 0.1) is 0 Å². The molecule has 0 atom stereocenters. The second-order valence-electron chi connectivity index (χ2n) is 4.88. The minimum absolute atomic E-state index is 0.172. The highest BCUT2D eigenvalue weighted by Gasteiger charge is 2.31. The molecule has 0 saturated heterocycles. The maximum Gasteiger partial charge on any atom is 0.254 e. The number of fused-ring (bicyclic) bond motifs is 1. The van der Waals surface area contributed by atoms with E-state index in [1.165, 1.54) is 5.39 Å². The summed E-state index contributed by atoms with van der Waals surface area (Å²) < 4.78 is 0. The summed E-state index contributed by atoms with van der Waals surface area (Å²) in [7, 11) is 0. The second-order valence-corrected chi connectivity index (χ2v) is 4.88. The standard InChI is InChI=1S/C16H17NO/c1-2-17(15-9-10-15)16(18)14-8-7-12-5-3-4-6-13(12)11-14/h3-8,11,15H,2,9-10H2,1H3. The lowest BCUT2D eigenvalue weighted by atomic mass is 10.1. The van der Waals surface area contributed by atoms with Crippen LogP contribution in [0.15, 0.2) is 42.5 Å². The van der Waals surface area contributed by atoms with E-state index in [1.54, 1.807) is 0 Å². The van der Waals surface area contributed by atoms with Crippen molar-refractivity contribution >= 4 is 16.7 Å². The Labute approximate surface area is 107 Å². The van der Waals surface area contributed by atoms with Gasteiger partial charge in [-0.15, -0.1) is 0 Å². The van der Waals surface area contributed by atoms with Gasteiger partial charge >= 0.3 is 0 Å². The van der Waals surface area contributed by atoms with E-state index >= 15 is 0 Å². The zero-order valence-electron chi connectivity index (χ0n) is 10.6. The van der Waals surface area contributed by atoms with Crippen LogP contribution in [0.25, 0.3) is 10.8 Å². The van der Waals surface area contributed by atoms with Crippen molar-refractivity contribution in [2.75, 3.05) is 6.54 Å². The zero-order valence-corrected chi connectivity index (χ0v) is 10.6. The first kappa shape index (κ1) is 11.3. The highest BCUT2D eigenvalue weighted by atomic mass is 16.2. The molecule has 0 spiro atoms. The summed E-state index contributed by atoms with van der Waals surface area (Å²) in [4.78, 5) is 14.4. The summed E-state index contributed by atoms with van der Waals surface area (Å²) in [6.45, 7) is 2.85. The minimum atomic E-state index is 0.172. The smallest absolute Gasteiger partial charge is 0.254 e. The number of benzene rings is 2. The number of amides is 1. The van der Waals surface area contributed by atoms with Gasteiger partial charge in [0.05, 0.1) is 0 Å². The molecule has 0 aromatic heterocycles. The predicted molar refractivity (Wildman–Crippen MR) is 73.7 cm³/mol. The monoisotopic (exact) mass is 239 g/mol. The Bertz CT molecular complexity index is 586. The van der Waals surface area contributed by atoms with E-state index in [0.717, 1.165) is 30.3 Å². The first-order valence-corrected chi connectivity index (χ1v) is 6.59. The van der Waals surface area contributed by atoms with Crippen molar-refractivity contribution in [3.63, 3.8) is 0 Å². The molecule has 1 saturated carbocycles. The van der Waals surface area contributed by atoms with E-state index in [1.807, 2.05) is 35.2 Å². The molecule has 3 rings (SSSR count). The summed E-state index contributed by atoms with van der Waals surface area (Å²) in [6, 6.07) is 14.6. The third-order valence-corrected chi connectivity index (χ3v) is 3.59. The first-order chi connectivity index (χ1) is 8.79. The molecule has 2 aromatic rings. The molecule has 0 aliphatic heterocycles. The minimum Gasteiger partial charge on any atom is -0.336 e. The number of carbonyl (C=O) groups is 1. The van der Waals surface area contributed by atoms with Crippen LogP contribution in [0.4, 0.5) is 0 Å². The van der Waals surface area contributed by atoms with E-state index in [2.05, 4.69) is 19.1 Å². The fourth-order valence-electron chi connectivity index (χ4n) is 2.44. The second kappa shape index (κ2) is 4.45. The summed E-state index contributed by atoms with van der Waals surface area (Å²) in [6.07, 6.45) is 2.32. The lowest BCUT2D eigenvalue weighted by molar-refractivity contribution is 0.0752.